The Hall–Kier alpha value is -2.73. The van der Waals surface area contributed by atoms with Gasteiger partial charge in [0, 0.05) is 6.54 Å². The molecule has 12 heteroatoms. The van der Waals surface area contributed by atoms with Crippen LogP contribution in [0.4, 0.5) is 0 Å². The van der Waals surface area contributed by atoms with Crippen LogP contribution in [0.1, 0.15) is 47.5 Å². The minimum absolute atomic E-state index is 0.304. The lowest BCUT2D eigenvalue weighted by atomic mass is 10.0. The summed E-state index contributed by atoms with van der Waals surface area (Å²) in [6, 6.07) is -4.05. The first-order chi connectivity index (χ1) is 15.3. The molecular weight excluding hydrogens is 434 g/mol. The van der Waals surface area contributed by atoms with Gasteiger partial charge in [-0.25, -0.2) is 4.79 Å². The van der Waals surface area contributed by atoms with Crippen molar-refractivity contribution in [3.05, 3.63) is 0 Å². The lowest BCUT2D eigenvalue weighted by Gasteiger charge is -2.31. The predicted molar refractivity (Wildman–Crippen MR) is 119 cm³/mol. The molecular formula is C21H37N5O7. The Morgan fingerprint density at radius 1 is 1.00 bits per heavy atom. The van der Waals surface area contributed by atoms with Crippen LogP contribution in [0.25, 0.3) is 0 Å². The first-order valence-electron chi connectivity index (χ1n) is 11.1. The molecule has 1 heterocycles. The molecule has 188 valence electrons. The number of aliphatic carboxylic acids is 1. The van der Waals surface area contributed by atoms with Crippen LogP contribution in [0.3, 0.4) is 0 Å². The number of amides is 4. The van der Waals surface area contributed by atoms with Gasteiger partial charge in [-0.15, -0.1) is 0 Å². The monoisotopic (exact) mass is 471 g/mol. The van der Waals surface area contributed by atoms with Crippen LogP contribution in [-0.2, 0) is 24.0 Å². The molecule has 0 unspecified atom stereocenters. The maximum absolute atomic E-state index is 13.1. The van der Waals surface area contributed by atoms with Gasteiger partial charge in [-0.1, -0.05) is 27.7 Å². The maximum atomic E-state index is 13.1. The molecule has 0 aliphatic carbocycles. The highest BCUT2D eigenvalue weighted by Gasteiger charge is 2.39. The normalized spacial score (nSPS) is 19.5. The van der Waals surface area contributed by atoms with Gasteiger partial charge in [0.15, 0.2) is 0 Å². The largest absolute Gasteiger partial charge is 0.480 e. The second kappa shape index (κ2) is 12.5. The highest BCUT2D eigenvalue weighted by molar-refractivity contribution is 5.95. The van der Waals surface area contributed by atoms with E-state index < -0.39 is 66.4 Å². The highest BCUT2D eigenvalue weighted by Crippen LogP contribution is 2.20. The van der Waals surface area contributed by atoms with E-state index in [1.165, 1.54) is 11.8 Å². The van der Waals surface area contributed by atoms with Crippen molar-refractivity contribution >= 4 is 29.6 Å². The fourth-order valence-electron chi connectivity index (χ4n) is 3.49. The van der Waals surface area contributed by atoms with E-state index in [4.69, 9.17) is 10.8 Å². The van der Waals surface area contributed by atoms with Crippen molar-refractivity contribution in [3.8, 4) is 0 Å². The van der Waals surface area contributed by atoms with E-state index in [-0.39, 0.29) is 11.8 Å². The summed E-state index contributed by atoms with van der Waals surface area (Å²) in [6.45, 7) is 8.02. The third kappa shape index (κ3) is 7.97. The van der Waals surface area contributed by atoms with Crippen molar-refractivity contribution in [1.29, 1.82) is 0 Å². The van der Waals surface area contributed by atoms with Crippen molar-refractivity contribution in [2.75, 3.05) is 13.1 Å². The molecule has 1 aliphatic rings. The Bertz CT molecular complexity index is 741. The molecule has 0 radical (unpaired) electrons. The molecule has 5 atom stereocenters. The number of aliphatic hydroxyl groups excluding tert-OH is 1. The Kier molecular flexibility index (Phi) is 10.7. The molecule has 0 spiro atoms. The Labute approximate surface area is 193 Å². The van der Waals surface area contributed by atoms with Gasteiger partial charge in [0.1, 0.15) is 24.2 Å². The van der Waals surface area contributed by atoms with Gasteiger partial charge >= 0.3 is 5.97 Å². The molecule has 4 amide bonds. The number of hydrogen-bond donors (Lipinski definition) is 6. The molecule has 0 saturated carbocycles. The zero-order chi connectivity index (χ0) is 25.5. The molecule has 0 aromatic rings. The Morgan fingerprint density at radius 3 is 2.06 bits per heavy atom. The van der Waals surface area contributed by atoms with Crippen LogP contribution in [-0.4, -0.2) is 88.1 Å². The predicted octanol–water partition coefficient (Wildman–Crippen LogP) is -1.83. The number of nitrogens with zero attached hydrogens (tertiary/aromatic N) is 1. The summed E-state index contributed by atoms with van der Waals surface area (Å²) in [7, 11) is 0. The maximum Gasteiger partial charge on any atom is 0.326 e. The summed E-state index contributed by atoms with van der Waals surface area (Å²) in [5.74, 6) is -4.14. The molecule has 1 aliphatic heterocycles. The van der Waals surface area contributed by atoms with Gasteiger partial charge in [-0.3, -0.25) is 19.2 Å². The second-order valence-electron chi connectivity index (χ2n) is 9.03. The van der Waals surface area contributed by atoms with Crippen molar-refractivity contribution in [2.24, 2.45) is 17.6 Å². The van der Waals surface area contributed by atoms with Gasteiger partial charge in [0.2, 0.25) is 23.6 Å². The van der Waals surface area contributed by atoms with E-state index >= 15 is 0 Å². The van der Waals surface area contributed by atoms with Crippen molar-refractivity contribution < 1.29 is 34.2 Å². The van der Waals surface area contributed by atoms with Crippen molar-refractivity contribution in [2.45, 2.75) is 77.7 Å². The van der Waals surface area contributed by atoms with Gasteiger partial charge in [-0.05, 0) is 31.6 Å². The number of nitrogens with two attached hydrogens (primary N) is 1. The summed E-state index contributed by atoms with van der Waals surface area (Å²) in [4.78, 5) is 62.8. The molecule has 0 aromatic heterocycles. The molecule has 1 fully saturated rings. The fourth-order valence-corrected chi connectivity index (χ4v) is 3.49. The Morgan fingerprint density at radius 2 is 1.58 bits per heavy atom. The quantitative estimate of drug-likeness (QED) is 0.203. The SMILES string of the molecule is CC(C)[C@H](NC(=O)CNC(=O)[C@@H]1CCCN1C(=O)[C@@H](NC(=O)[C@@H](N)[C@@H](C)O)C(C)C)C(=O)O. The summed E-state index contributed by atoms with van der Waals surface area (Å²) >= 11 is 0. The fraction of sp³-hybridized carbons (Fsp3) is 0.762. The number of carbonyl (C=O) groups is 5. The van der Waals surface area contributed by atoms with Gasteiger partial charge < -0.3 is 36.8 Å². The van der Waals surface area contributed by atoms with Gasteiger partial charge in [0.25, 0.3) is 0 Å². The molecule has 12 nitrogen and oxygen atoms in total. The third-order valence-corrected chi connectivity index (χ3v) is 5.56. The number of rotatable bonds is 11. The summed E-state index contributed by atoms with van der Waals surface area (Å²) in [5, 5.41) is 26.1. The highest BCUT2D eigenvalue weighted by atomic mass is 16.4. The molecule has 1 saturated heterocycles. The summed E-state index contributed by atoms with van der Waals surface area (Å²) in [6.07, 6.45) is -0.147. The minimum atomic E-state index is -1.20. The number of aliphatic hydroxyl groups is 1. The van der Waals surface area contributed by atoms with Crippen molar-refractivity contribution in [3.63, 3.8) is 0 Å². The lowest BCUT2D eigenvalue weighted by molar-refractivity contribution is -0.144. The average Bonchev–Trinajstić information content (AvgIpc) is 3.22. The van der Waals surface area contributed by atoms with Crippen LogP contribution in [0.15, 0.2) is 0 Å². The first-order valence-corrected chi connectivity index (χ1v) is 11.1. The topological polar surface area (TPSA) is 191 Å². The van der Waals surface area contributed by atoms with Crippen LogP contribution in [0, 0.1) is 11.8 Å². The number of carboxylic acid groups (broad SMARTS) is 1. The van der Waals surface area contributed by atoms with E-state index in [0.29, 0.717) is 19.4 Å². The average molecular weight is 472 g/mol. The zero-order valence-electron chi connectivity index (χ0n) is 19.8. The standard InChI is InChI=1S/C21H37N5O7/c1-10(2)16(25-19(30)15(22)12(5)27)20(31)26-8-6-7-13(26)18(29)23-9-14(28)24-17(11(3)4)21(32)33/h10-13,15-17,27H,6-9,22H2,1-5H3,(H,23,29)(H,24,28)(H,25,30)(H,32,33)/t12-,13+,15+,16+,17+/m1/s1. The molecule has 0 aromatic carbocycles. The number of nitrogens with one attached hydrogen (secondary N) is 3. The van der Waals surface area contributed by atoms with Gasteiger partial charge in [-0.2, -0.15) is 0 Å². The van der Waals surface area contributed by atoms with Crippen LogP contribution >= 0.6 is 0 Å². The summed E-state index contributed by atoms with van der Waals surface area (Å²) in [5.41, 5.74) is 5.65. The smallest absolute Gasteiger partial charge is 0.326 e. The number of carbonyl (C=O) groups excluding carboxylic acids is 4. The van der Waals surface area contributed by atoms with Gasteiger partial charge in [0.05, 0.1) is 12.6 Å². The number of hydrogen-bond acceptors (Lipinski definition) is 7. The molecule has 33 heavy (non-hydrogen) atoms. The van der Waals surface area contributed by atoms with Crippen molar-refractivity contribution in [1.82, 2.24) is 20.9 Å². The molecule has 1 rings (SSSR count). The molecule has 0 bridgehead atoms. The zero-order valence-corrected chi connectivity index (χ0v) is 19.8. The second-order valence-corrected chi connectivity index (χ2v) is 9.03. The lowest BCUT2D eigenvalue weighted by Crippen LogP contribution is -2.58. The van der Waals surface area contributed by atoms with Crippen LogP contribution in [0.5, 0.6) is 0 Å². The van der Waals surface area contributed by atoms with E-state index in [0.717, 1.165) is 0 Å². The third-order valence-electron chi connectivity index (χ3n) is 5.56. The van der Waals surface area contributed by atoms with Crippen LogP contribution in [0.2, 0.25) is 0 Å². The van der Waals surface area contributed by atoms with Crippen LogP contribution < -0.4 is 21.7 Å². The molecule has 7 N–H and O–H groups in total. The number of likely N-dealkylation sites (tertiary alicyclic amines) is 1. The minimum Gasteiger partial charge on any atom is -0.480 e. The van der Waals surface area contributed by atoms with E-state index in [9.17, 15) is 29.1 Å². The number of carboxylic acids is 1. The Balaban J connectivity index is 2.79. The van der Waals surface area contributed by atoms with E-state index in [1.807, 2.05) is 0 Å². The van der Waals surface area contributed by atoms with E-state index in [1.54, 1.807) is 27.7 Å². The first kappa shape index (κ1) is 28.3. The van der Waals surface area contributed by atoms with E-state index in [2.05, 4.69) is 16.0 Å². The summed E-state index contributed by atoms with van der Waals surface area (Å²) < 4.78 is 0.